The summed E-state index contributed by atoms with van der Waals surface area (Å²) in [6, 6.07) is 12.3. The molecule has 0 aliphatic heterocycles. The molecule has 1 saturated carbocycles. The third kappa shape index (κ3) is 6.53. The number of ether oxygens (including phenoxy) is 1. The van der Waals surface area contributed by atoms with Crippen molar-refractivity contribution in [3.63, 3.8) is 0 Å². The van der Waals surface area contributed by atoms with Crippen molar-refractivity contribution in [3.05, 3.63) is 89.5 Å². The van der Waals surface area contributed by atoms with E-state index in [0.29, 0.717) is 30.4 Å². The summed E-state index contributed by atoms with van der Waals surface area (Å²) < 4.78 is 33.3. The lowest BCUT2D eigenvalue weighted by atomic mass is 9.78. The molecule has 1 aliphatic carbocycles. The highest BCUT2D eigenvalue weighted by atomic mass is 19.2. The topological polar surface area (TPSA) is 9.23 Å². The molecule has 0 aromatic heterocycles. The van der Waals surface area contributed by atoms with Crippen LogP contribution in [0.3, 0.4) is 0 Å². The molecular weight excluding hydrogens is 390 g/mol. The minimum Gasteiger partial charge on any atom is -0.491 e. The van der Waals surface area contributed by atoms with Crippen LogP contribution in [0.1, 0.15) is 68.1 Å². The van der Waals surface area contributed by atoms with Gasteiger partial charge in [0.2, 0.25) is 5.82 Å². The molecule has 166 valence electrons. The lowest BCUT2D eigenvalue weighted by Crippen LogP contribution is -2.11. The molecule has 1 aliphatic rings. The Morgan fingerprint density at radius 1 is 0.935 bits per heavy atom. The lowest BCUT2D eigenvalue weighted by molar-refractivity contribution is 0.313. The van der Waals surface area contributed by atoms with Crippen molar-refractivity contribution >= 4 is 0 Å². The molecule has 3 heteroatoms. The highest BCUT2D eigenvalue weighted by molar-refractivity contribution is 5.31. The minimum absolute atomic E-state index is 0.0116. The first kappa shape index (κ1) is 23.2. The molecule has 0 bridgehead atoms. The standard InChI is InChI=1S/C28H34F2O/c1-3-5-8-21-11-15-23(16-12-21)24-17-13-22(14-18-24)9-6-7-10-25-19-20-26(31-4-2)28(30)27(25)29/h3,6,9,11-12,15-16,19-20,22,24H,1,4-5,7-8,10,13-14,17-18H2,2H3/b9-6+. The maximum atomic E-state index is 14.2. The third-order valence-electron chi connectivity index (χ3n) is 6.28. The van der Waals surface area contributed by atoms with Crippen molar-refractivity contribution in [3.8, 4) is 5.75 Å². The average Bonchev–Trinajstić information content (AvgIpc) is 2.80. The van der Waals surface area contributed by atoms with Gasteiger partial charge in [-0.15, -0.1) is 6.58 Å². The first-order valence-corrected chi connectivity index (χ1v) is 11.6. The second kappa shape index (κ2) is 11.8. The zero-order valence-corrected chi connectivity index (χ0v) is 18.6. The molecule has 0 atom stereocenters. The summed E-state index contributed by atoms with van der Waals surface area (Å²) in [4.78, 5) is 0. The van der Waals surface area contributed by atoms with Crippen molar-refractivity contribution in [2.24, 2.45) is 5.92 Å². The molecule has 0 unspecified atom stereocenters. The van der Waals surface area contributed by atoms with Crippen LogP contribution in [0, 0.1) is 17.6 Å². The molecule has 2 aromatic carbocycles. The van der Waals surface area contributed by atoms with Gasteiger partial charge in [0.05, 0.1) is 6.61 Å². The molecule has 1 fully saturated rings. The summed E-state index contributed by atoms with van der Waals surface area (Å²) in [6.45, 7) is 5.87. The van der Waals surface area contributed by atoms with E-state index in [1.54, 1.807) is 13.0 Å². The quantitative estimate of drug-likeness (QED) is 0.352. The Balaban J connectivity index is 1.44. The number of rotatable bonds is 10. The van der Waals surface area contributed by atoms with Crippen LogP contribution >= 0.6 is 0 Å². The first-order valence-electron chi connectivity index (χ1n) is 11.6. The van der Waals surface area contributed by atoms with Gasteiger partial charge in [0, 0.05) is 0 Å². The van der Waals surface area contributed by atoms with Gasteiger partial charge in [0.1, 0.15) is 0 Å². The third-order valence-corrected chi connectivity index (χ3v) is 6.28. The fourth-order valence-corrected chi connectivity index (χ4v) is 4.43. The largest absolute Gasteiger partial charge is 0.491 e. The van der Waals surface area contributed by atoms with Gasteiger partial charge in [-0.2, -0.15) is 4.39 Å². The van der Waals surface area contributed by atoms with E-state index in [9.17, 15) is 8.78 Å². The predicted molar refractivity (Wildman–Crippen MR) is 125 cm³/mol. The number of allylic oxidation sites excluding steroid dienone is 3. The van der Waals surface area contributed by atoms with E-state index in [1.165, 1.54) is 42.9 Å². The van der Waals surface area contributed by atoms with Crippen molar-refractivity contribution in [2.45, 2.75) is 64.2 Å². The van der Waals surface area contributed by atoms with Crippen LogP contribution in [-0.4, -0.2) is 6.61 Å². The Hall–Kier alpha value is -2.42. The summed E-state index contributed by atoms with van der Waals surface area (Å²) in [5.74, 6) is -0.433. The molecule has 0 radical (unpaired) electrons. The zero-order valence-electron chi connectivity index (χ0n) is 18.6. The maximum absolute atomic E-state index is 14.2. The monoisotopic (exact) mass is 424 g/mol. The molecule has 31 heavy (non-hydrogen) atoms. The van der Waals surface area contributed by atoms with Crippen molar-refractivity contribution in [1.29, 1.82) is 0 Å². The minimum atomic E-state index is -0.879. The van der Waals surface area contributed by atoms with E-state index in [0.717, 1.165) is 19.3 Å². The van der Waals surface area contributed by atoms with Gasteiger partial charge in [0.15, 0.2) is 11.6 Å². The normalized spacial score (nSPS) is 18.9. The van der Waals surface area contributed by atoms with Gasteiger partial charge >= 0.3 is 0 Å². The Morgan fingerprint density at radius 2 is 1.68 bits per heavy atom. The van der Waals surface area contributed by atoms with Gasteiger partial charge in [-0.25, -0.2) is 4.39 Å². The van der Waals surface area contributed by atoms with E-state index in [1.807, 2.05) is 6.08 Å². The molecule has 0 spiro atoms. The molecule has 0 amide bonds. The van der Waals surface area contributed by atoms with Gasteiger partial charge < -0.3 is 4.74 Å². The van der Waals surface area contributed by atoms with E-state index in [2.05, 4.69) is 43.0 Å². The molecule has 2 aromatic rings. The van der Waals surface area contributed by atoms with E-state index < -0.39 is 11.6 Å². The SMILES string of the molecule is C=CCCc1ccc(C2CCC(/C=C/CCc3ccc(OCC)c(F)c3F)CC2)cc1. The fraction of sp³-hybridized carbons (Fsp3) is 0.429. The van der Waals surface area contributed by atoms with Crippen LogP contribution in [0.4, 0.5) is 8.78 Å². The highest BCUT2D eigenvalue weighted by Gasteiger charge is 2.20. The van der Waals surface area contributed by atoms with Gasteiger partial charge in [-0.3, -0.25) is 0 Å². The van der Waals surface area contributed by atoms with Crippen LogP contribution in [0.25, 0.3) is 0 Å². The Labute approximate surface area is 185 Å². The number of benzene rings is 2. The smallest absolute Gasteiger partial charge is 0.200 e. The zero-order chi connectivity index (χ0) is 22.1. The molecule has 0 saturated heterocycles. The number of aryl methyl sites for hydroxylation is 2. The van der Waals surface area contributed by atoms with Crippen molar-refractivity contribution < 1.29 is 13.5 Å². The molecule has 1 nitrogen and oxygen atoms in total. The van der Waals surface area contributed by atoms with Crippen molar-refractivity contribution in [2.75, 3.05) is 6.61 Å². The Bertz CT molecular complexity index is 861. The summed E-state index contributed by atoms with van der Waals surface area (Å²) in [5, 5.41) is 0. The van der Waals surface area contributed by atoms with Crippen LogP contribution in [0.15, 0.2) is 61.2 Å². The summed E-state index contributed by atoms with van der Waals surface area (Å²) in [6.07, 6.45) is 14.5. The number of hydrogen-bond donors (Lipinski definition) is 0. The van der Waals surface area contributed by atoms with E-state index >= 15 is 0 Å². The second-order valence-corrected chi connectivity index (χ2v) is 8.43. The van der Waals surface area contributed by atoms with Crippen LogP contribution in [0.5, 0.6) is 5.75 Å². The fourth-order valence-electron chi connectivity index (χ4n) is 4.43. The maximum Gasteiger partial charge on any atom is 0.200 e. The average molecular weight is 425 g/mol. The number of hydrogen-bond acceptors (Lipinski definition) is 1. The predicted octanol–water partition coefficient (Wildman–Crippen LogP) is 7.94. The first-order chi connectivity index (χ1) is 15.1. The Kier molecular flexibility index (Phi) is 8.87. The Morgan fingerprint density at radius 3 is 2.35 bits per heavy atom. The van der Waals surface area contributed by atoms with Crippen LogP contribution in [0.2, 0.25) is 0 Å². The summed E-state index contributed by atoms with van der Waals surface area (Å²) in [7, 11) is 0. The number of halogens is 2. The van der Waals surface area contributed by atoms with Gasteiger partial charge in [-0.05, 0) is 92.9 Å². The van der Waals surface area contributed by atoms with Crippen LogP contribution in [-0.2, 0) is 12.8 Å². The highest BCUT2D eigenvalue weighted by Crippen LogP contribution is 2.36. The molecule has 3 rings (SSSR count). The van der Waals surface area contributed by atoms with Crippen molar-refractivity contribution in [1.82, 2.24) is 0 Å². The lowest BCUT2D eigenvalue weighted by Gasteiger charge is -2.27. The molecule has 0 heterocycles. The molecular formula is C28H34F2O. The van der Waals surface area contributed by atoms with Gasteiger partial charge in [-0.1, -0.05) is 48.6 Å². The van der Waals surface area contributed by atoms with Gasteiger partial charge in [0.25, 0.3) is 0 Å². The molecule has 0 N–H and O–H groups in total. The summed E-state index contributed by atoms with van der Waals surface area (Å²) in [5.41, 5.74) is 3.24. The van der Waals surface area contributed by atoms with E-state index in [-0.39, 0.29) is 5.75 Å². The second-order valence-electron chi connectivity index (χ2n) is 8.43. The summed E-state index contributed by atoms with van der Waals surface area (Å²) >= 11 is 0. The van der Waals surface area contributed by atoms with E-state index in [4.69, 9.17) is 4.74 Å². The van der Waals surface area contributed by atoms with Crippen LogP contribution < -0.4 is 4.74 Å².